The fourth-order valence-corrected chi connectivity index (χ4v) is 11.2. The molecule has 0 bridgehead atoms. The van der Waals surface area contributed by atoms with Crippen LogP contribution >= 0.6 is 21.6 Å². The molecule has 2 aromatic carbocycles. The standard InChI is InChI=1S/C48H66N10O15S2.C6H13N3/c1-24(2)16-33-43(68)56-36(19-39(63)64)42(67)52-29(20-59)22-74-75-23-32(49)48(73)58-15-5-6-38(58)47(72)51-26(4)41(66)54-35(18-28-9-13-31(62)14-10-28)45(70)57-37(21-60)46(71)50-25(3)40(65)53-34(44(69)55-33)17-27-7-11-30(61)12-8-27;7-6(8)9-4-2-1-3-5-9/h7-14,20,24-26,29,32-38,60-62H,5-6,15-19,21-23,49H2,1-4H3,(H,50,71)(H,51,72)(H,52,67)(H,53,65)(H,54,66)(H,55,69)(H,56,68)(H,57,70)(H,63,64);1-5H2,(H3,7,8)/t25-,26-,29+,32-,33-,34-,35-,36-,37-,38-;/m0./s1. The second-order valence-electron chi connectivity index (χ2n) is 21.0. The molecule has 84 heavy (non-hydrogen) atoms. The SMILES string of the molecule is CC(C)C[C@@H]1NC(=O)[C@H](Cc2ccc(O)cc2)NC(=O)[C@H](C)NC(=O)[C@H](CO)NC(=O)[C@H](Cc2ccc(O)cc2)NC(=O)[C@H](C)NC(=O)[C@@H]2CCCN2C(=O)[C@@H](N)CSSC[C@@H](C=O)NC(=O)[C@H](CC(=O)O)NC1=O.N=C(N)N1CCCCC1. The molecule has 0 spiro atoms. The highest BCUT2D eigenvalue weighted by Crippen LogP contribution is 2.25. The van der Waals surface area contributed by atoms with E-state index < -0.39 is 133 Å². The van der Waals surface area contributed by atoms with Gasteiger partial charge in [-0.25, -0.2) is 0 Å². The van der Waals surface area contributed by atoms with Crippen molar-refractivity contribution in [3.8, 4) is 11.5 Å². The largest absolute Gasteiger partial charge is 0.508 e. The van der Waals surface area contributed by atoms with Gasteiger partial charge in [-0.3, -0.25) is 53.4 Å². The Morgan fingerprint density at radius 3 is 1.56 bits per heavy atom. The van der Waals surface area contributed by atoms with E-state index in [9.17, 15) is 73.2 Å². The summed E-state index contributed by atoms with van der Waals surface area (Å²) in [4.78, 5) is 151. The van der Waals surface area contributed by atoms with E-state index >= 15 is 0 Å². The number of carbonyl (C=O) groups excluding carboxylic acids is 10. The smallest absolute Gasteiger partial charge is 0.305 e. The molecule has 5 rings (SSSR count). The first-order chi connectivity index (χ1) is 39.8. The molecule has 9 amide bonds. The number of piperidine rings is 1. The highest BCUT2D eigenvalue weighted by atomic mass is 33.1. The summed E-state index contributed by atoms with van der Waals surface area (Å²) >= 11 is 0. The zero-order valence-corrected chi connectivity index (χ0v) is 48.9. The lowest BCUT2D eigenvalue weighted by Gasteiger charge is -2.28. The topological polar surface area (TPSA) is 447 Å². The molecule has 3 aliphatic heterocycles. The maximum Gasteiger partial charge on any atom is 0.305 e. The number of guanidine groups is 1. The molecule has 3 saturated heterocycles. The van der Waals surface area contributed by atoms with Crippen molar-refractivity contribution in [3.05, 3.63) is 59.7 Å². The molecule has 0 radical (unpaired) electrons. The van der Waals surface area contributed by atoms with Crippen LogP contribution in [0.3, 0.4) is 0 Å². The Kier molecular flexibility index (Phi) is 28.0. The molecule has 462 valence electrons. The second kappa shape index (κ2) is 34.2. The number of nitrogens with one attached hydrogen (secondary N) is 9. The van der Waals surface area contributed by atoms with Crippen LogP contribution in [0.15, 0.2) is 48.5 Å². The fraction of sp³-hybridized carbons (Fsp3) is 0.556. The van der Waals surface area contributed by atoms with Gasteiger partial charge in [-0.2, -0.15) is 0 Å². The van der Waals surface area contributed by atoms with E-state index in [1.165, 1.54) is 86.5 Å². The number of hydrogen-bond donors (Lipinski definition) is 15. The number of aliphatic carboxylic acids is 1. The van der Waals surface area contributed by atoms with Crippen LogP contribution < -0.4 is 54.0 Å². The number of rotatable bonds is 10. The molecule has 17 N–H and O–H groups in total. The number of aromatic hydroxyl groups is 2. The van der Waals surface area contributed by atoms with Crippen LogP contribution in [0, 0.1) is 11.3 Å². The van der Waals surface area contributed by atoms with Crippen molar-refractivity contribution in [3.63, 3.8) is 0 Å². The average molecular weight is 1210 g/mol. The van der Waals surface area contributed by atoms with Crippen molar-refractivity contribution in [2.24, 2.45) is 17.4 Å². The zero-order chi connectivity index (χ0) is 62.2. The van der Waals surface area contributed by atoms with E-state index in [0.29, 0.717) is 23.8 Å². The number of benzene rings is 2. The number of carbonyl (C=O) groups is 11. The minimum atomic E-state index is -1.75. The molecule has 0 aliphatic carbocycles. The Balaban J connectivity index is 0.00000153. The zero-order valence-electron chi connectivity index (χ0n) is 47.3. The van der Waals surface area contributed by atoms with Gasteiger partial charge in [0.25, 0.3) is 0 Å². The Bertz CT molecular complexity index is 2630. The van der Waals surface area contributed by atoms with Gasteiger partial charge in [0.05, 0.1) is 25.1 Å². The number of phenols is 2. The molecule has 0 unspecified atom stereocenters. The molecule has 0 saturated carbocycles. The maximum atomic E-state index is 14.2. The number of amides is 9. The van der Waals surface area contributed by atoms with Crippen LogP contribution in [-0.2, 0) is 65.6 Å². The first-order valence-electron chi connectivity index (χ1n) is 27.5. The van der Waals surface area contributed by atoms with Gasteiger partial charge in [0.2, 0.25) is 53.2 Å². The quantitative estimate of drug-likeness (QED) is 0.0510. The number of hydrogen-bond acceptors (Lipinski definition) is 18. The van der Waals surface area contributed by atoms with Crippen molar-refractivity contribution in [2.75, 3.05) is 37.7 Å². The van der Waals surface area contributed by atoms with Gasteiger partial charge >= 0.3 is 5.97 Å². The minimum absolute atomic E-state index is 0.0187. The molecule has 3 heterocycles. The van der Waals surface area contributed by atoms with Crippen molar-refractivity contribution < 1.29 is 73.2 Å². The molecule has 3 aliphatic rings. The summed E-state index contributed by atoms with van der Waals surface area (Å²) < 4.78 is 0. The summed E-state index contributed by atoms with van der Waals surface area (Å²) in [5.41, 5.74) is 12.4. The number of nitrogens with two attached hydrogens (primary N) is 2. The van der Waals surface area contributed by atoms with Crippen LogP contribution in [0.1, 0.15) is 83.8 Å². The van der Waals surface area contributed by atoms with E-state index in [1.807, 2.05) is 4.90 Å². The van der Waals surface area contributed by atoms with E-state index in [0.717, 1.165) is 34.7 Å². The number of nitrogens with zero attached hydrogens (tertiary/aromatic N) is 2. The first-order valence-corrected chi connectivity index (χ1v) is 29.9. The van der Waals surface area contributed by atoms with Crippen molar-refractivity contribution >= 4 is 93.0 Å². The van der Waals surface area contributed by atoms with Crippen molar-refractivity contribution in [1.82, 2.24) is 52.3 Å². The summed E-state index contributed by atoms with van der Waals surface area (Å²) in [5, 5.41) is 66.6. The molecular weight excluding hydrogens is 1130 g/mol. The number of carboxylic acid groups (broad SMARTS) is 1. The van der Waals surface area contributed by atoms with E-state index in [4.69, 9.17) is 16.9 Å². The summed E-state index contributed by atoms with van der Waals surface area (Å²) in [7, 11) is 2.12. The van der Waals surface area contributed by atoms with Gasteiger partial charge in [0.1, 0.15) is 66.1 Å². The Hall–Kier alpha value is -7.70. The van der Waals surface area contributed by atoms with Crippen molar-refractivity contribution in [1.29, 1.82) is 5.41 Å². The van der Waals surface area contributed by atoms with Crippen LogP contribution in [0.5, 0.6) is 11.5 Å². The van der Waals surface area contributed by atoms with Gasteiger partial charge < -0.3 is 89.0 Å². The molecule has 10 atom stereocenters. The number of phenolic OH excluding ortho intramolecular Hbond substituents is 2. The maximum absolute atomic E-state index is 14.2. The monoisotopic (exact) mass is 1210 g/mol. The second-order valence-corrected chi connectivity index (χ2v) is 23.5. The predicted molar refractivity (Wildman–Crippen MR) is 310 cm³/mol. The predicted octanol–water partition coefficient (Wildman–Crippen LogP) is -2.41. The molecule has 3 fully saturated rings. The third-order valence-electron chi connectivity index (χ3n) is 13.6. The molecular formula is C54H79N13O15S2. The van der Waals surface area contributed by atoms with Gasteiger partial charge in [-0.05, 0) is 93.7 Å². The van der Waals surface area contributed by atoms with Crippen LogP contribution in [-0.4, -0.2) is 200 Å². The number of fused-ring (bicyclic) bond motifs is 1. The summed E-state index contributed by atoms with van der Waals surface area (Å²) in [5.74, 6) is -9.97. The Labute approximate surface area is 494 Å². The van der Waals surface area contributed by atoms with Gasteiger partial charge in [-0.1, -0.05) is 59.7 Å². The highest BCUT2D eigenvalue weighted by molar-refractivity contribution is 8.76. The Morgan fingerprint density at radius 2 is 1.08 bits per heavy atom. The van der Waals surface area contributed by atoms with E-state index in [2.05, 4.69) is 42.5 Å². The van der Waals surface area contributed by atoms with E-state index in [-0.39, 0.29) is 67.1 Å². The highest BCUT2D eigenvalue weighted by Gasteiger charge is 2.39. The molecule has 2 aromatic rings. The lowest BCUT2D eigenvalue weighted by atomic mass is 10.00. The minimum Gasteiger partial charge on any atom is -0.508 e. The number of aliphatic hydroxyl groups excluding tert-OH is 1. The van der Waals surface area contributed by atoms with Crippen LogP contribution in [0.4, 0.5) is 0 Å². The molecule has 28 nitrogen and oxygen atoms in total. The lowest BCUT2D eigenvalue weighted by molar-refractivity contribution is -0.141. The summed E-state index contributed by atoms with van der Waals surface area (Å²) in [6.07, 6.45) is 3.29. The first kappa shape index (κ1) is 68.8. The molecule has 30 heteroatoms. The van der Waals surface area contributed by atoms with Gasteiger partial charge in [0.15, 0.2) is 5.96 Å². The van der Waals surface area contributed by atoms with Crippen LogP contribution in [0.25, 0.3) is 0 Å². The van der Waals surface area contributed by atoms with Crippen molar-refractivity contribution in [2.45, 2.75) is 146 Å². The third-order valence-corrected chi connectivity index (χ3v) is 16.1. The number of carboxylic acids is 1. The third kappa shape index (κ3) is 22.5. The lowest BCUT2D eigenvalue weighted by Crippen LogP contribution is -2.61. The fourth-order valence-electron chi connectivity index (χ4n) is 8.96. The normalized spacial score (nSPS) is 26.3. The van der Waals surface area contributed by atoms with Crippen LogP contribution in [0.2, 0.25) is 0 Å². The van der Waals surface area contributed by atoms with Gasteiger partial charge in [-0.15, -0.1) is 0 Å². The summed E-state index contributed by atoms with van der Waals surface area (Å²) in [6, 6.07) is -2.80. The summed E-state index contributed by atoms with van der Waals surface area (Å²) in [6.45, 7) is 7.13. The van der Waals surface area contributed by atoms with Gasteiger partial charge in [0, 0.05) is 44.0 Å². The average Bonchev–Trinajstić information content (AvgIpc) is 4.20. The molecule has 0 aromatic heterocycles. The number of likely N-dealkylation sites (tertiary alicyclic amines) is 1. The number of aliphatic hydroxyl groups is 1. The Morgan fingerprint density at radius 1 is 0.631 bits per heavy atom. The number of aldehydes is 1. The van der Waals surface area contributed by atoms with E-state index in [1.54, 1.807) is 13.8 Å².